The monoisotopic (exact) mass is 359 g/mol. The fourth-order valence-electron chi connectivity index (χ4n) is 3.90. The van der Waals surface area contributed by atoms with Crippen LogP contribution in [0.1, 0.15) is 32.1 Å². The van der Waals surface area contributed by atoms with Gasteiger partial charge in [-0.3, -0.25) is 4.79 Å². The van der Waals surface area contributed by atoms with Gasteiger partial charge in [0.15, 0.2) is 0 Å². The molecule has 0 radical (unpaired) electrons. The number of esters is 1. The lowest BCUT2D eigenvalue weighted by molar-refractivity contribution is -0.144. The number of hydrogen-bond donors (Lipinski definition) is 0. The van der Waals surface area contributed by atoms with E-state index in [-0.39, 0.29) is 12.0 Å². The van der Waals surface area contributed by atoms with Crippen LogP contribution in [-0.4, -0.2) is 37.9 Å². The Morgan fingerprint density at radius 2 is 1.79 bits per heavy atom. The molecule has 5 nitrogen and oxygen atoms in total. The topological polar surface area (TPSA) is 63.7 Å². The molecule has 3 atom stereocenters. The van der Waals surface area contributed by atoms with Gasteiger partial charge in [0.1, 0.15) is 17.7 Å². The van der Waals surface area contributed by atoms with Crippen LogP contribution in [0.15, 0.2) is 23.1 Å². The molecule has 1 aromatic rings. The highest BCUT2D eigenvalue weighted by Crippen LogP contribution is 2.43. The summed E-state index contributed by atoms with van der Waals surface area (Å²) in [5.41, 5.74) is 0. The van der Waals surface area contributed by atoms with Gasteiger partial charge in [0.25, 0.3) is 0 Å². The van der Waals surface area contributed by atoms with Crippen molar-refractivity contribution in [3.8, 4) is 0 Å². The largest absolute Gasteiger partial charge is 0.468 e. The molecule has 0 spiro atoms. The Bertz CT molecular complexity index is 732. The van der Waals surface area contributed by atoms with Crippen LogP contribution in [0.5, 0.6) is 0 Å². The molecular weight excluding hydrogens is 340 g/mol. The van der Waals surface area contributed by atoms with Gasteiger partial charge in [0.05, 0.1) is 12.0 Å². The fourth-order valence-corrected chi connectivity index (χ4v) is 5.81. The second kappa shape index (κ2) is 6.40. The molecule has 1 heterocycles. The van der Waals surface area contributed by atoms with E-state index in [9.17, 15) is 22.0 Å². The van der Waals surface area contributed by atoms with E-state index in [4.69, 9.17) is 4.74 Å². The second-order valence-corrected chi connectivity index (χ2v) is 8.17. The first-order valence-electron chi connectivity index (χ1n) is 7.92. The Morgan fingerprint density at radius 1 is 1.17 bits per heavy atom. The van der Waals surface area contributed by atoms with Crippen molar-refractivity contribution in [3.63, 3.8) is 0 Å². The molecular formula is C16H19F2NO4S. The zero-order valence-corrected chi connectivity index (χ0v) is 14.1. The van der Waals surface area contributed by atoms with Crippen LogP contribution in [0.25, 0.3) is 0 Å². The highest BCUT2D eigenvalue weighted by Gasteiger charge is 2.51. The van der Waals surface area contributed by atoms with Crippen molar-refractivity contribution in [3.05, 3.63) is 29.8 Å². The molecule has 2 fully saturated rings. The normalized spacial score (nSPS) is 27.7. The Kier molecular flexibility index (Phi) is 4.61. The Morgan fingerprint density at radius 3 is 2.42 bits per heavy atom. The molecule has 132 valence electrons. The van der Waals surface area contributed by atoms with E-state index in [1.165, 1.54) is 7.11 Å². The van der Waals surface area contributed by atoms with Crippen LogP contribution in [0, 0.1) is 17.6 Å². The predicted octanol–water partition coefficient (Wildman–Crippen LogP) is 2.46. The molecule has 1 aliphatic carbocycles. The van der Waals surface area contributed by atoms with E-state index < -0.39 is 38.6 Å². The standard InChI is InChI=1S/C16H19F2NO4S/c1-23-16(20)15-6-10-4-2-3-5-14(10)19(15)24(21,22)13-8-11(17)7-12(18)9-13/h7-10,14-15H,2-6H2,1H3/t10-,14-,15+/m1/s1. The smallest absolute Gasteiger partial charge is 0.324 e. The molecule has 1 aliphatic heterocycles. The number of hydrogen-bond acceptors (Lipinski definition) is 4. The number of carbonyl (C=O) groups is 1. The fraction of sp³-hybridized carbons (Fsp3) is 0.562. The maximum absolute atomic E-state index is 13.5. The molecule has 0 amide bonds. The maximum Gasteiger partial charge on any atom is 0.324 e. The number of fused-ring (bicyclic) bond motifs is 1. The SMILES string of the molecule is COC(=O)[C@@H]1C[C@H]2CCCC[C@H]2N1S(=O)(=O)c1cc(F)cc(F)c1. The van der Waals surface area contributed by atoms with Crippen LogP contribution in [-0.2, 0) is 19.6 Å². The minimum atomic E-state index is -4.21. The van der Waals surface area contributed by atoms with Gasteiger partial charge < -0.3 is 4.74 Å². The van der Waals surface area contributed by atoms with Gasteiger partial charge in [-0.25, -0.2) is 17.2 Å². The molecule has 1 aromatic carbocycles. The summed E-state index contributed by atoms with van der Waals surface area (Å²) in [6.45, 7) is 0. The lowest BCUT2D eigenvalue weighted by Crippen LogP contribution is -2.46. The number of benzene rings is 1. The Balaban J connectivity index is 2.06. The van der Waals surface area contributed by atoms with Crippen LogP contribution in [0.3, 0.4) is 0 Å². The second-order valence-electron chi connectivity index (χ2n) is 6.33. The van der Waals surface area contributed by atoms with Crippen LogP contribution >= 0.6 is 0 Å². The molecule has 3 rings (SSSR count). The summed E-state index contributed by atoms with van der Waals surface area (Å²) in [6, 6.07) is 0.898. The molecule has 0 bridgehead atoms. The van der Waals surface area contributed by atoms with Crippen molar-refractivity contribution in [2.75, 3.05) is 7.11 Å². The molecule has 1 saturated carbocycles. The van der Waals surface area contributed by atoms with Gasteiger partial charge in [0.2, 0.25) is 10.0 Å². The summed E-state index contributed by atoms with van der Waals surface area (Å²) in [5, 5.41) is 0. The molecule has 0 unspecified atom stereocenters. The maximum atomic E-state index is 13.5. The van der Waals surface area contributed by atoms with Gasteiger partial charge in [-0.05, 0) is 37.3 Å². The third kappa shape index (κ3) is 2.93. The van der Waals surface area contributed by atoms with E-state index in [2.05, 4.69) is 0 Å². The van der Waals surface area contributed by atoms with Crippen molar-refractivity contribution >= 4 is 16.0 Å². The van der Waals surface area contributed by atoms with Gasteiger partial charge in [-0.15, -0.1) is 0 Å². The van der Waals surface area contributed by atoms with Crippen molar-refractivity contribution in [2.24, 2.45) is 5.92 Å². The highest BCUT2D eigenvalue weighted by molar-refractivity contribution is 7.89. The first-order chi connectivity index (χ1) is 11.3. The van der Waals surface area contributed by atoms with E-state index in [0.717, 1.165) is 35.7 Å². The number of ether oxygens (including phenoxy) is 1. The molecule has 2 aliphatic rings. The quantitative estimate of drug-likeness (QED) is 0.778. The molecule has 24 heavy (non-hydrogen) atoms. The van der Waals surface area contributed by atoms with E-state index >= 15 is 0 Å². The molecule has 0 N–H and O–H groups in total. The summed E-state index contributed by atoms with van der Waals surface area (Å²) in [5.74, 6) is -2.51. The van der Waals surface area contributed by atoms with Crippen LogP contribution < -0.4 is 0 Å². The number of nitrogens with zero attached hydrogens (tertiary/aromatic N) is 1. The number of methoxy groups -OCH3 is 1. The van der Waals surface area contributed by atoms with E-state index in [1.54, 1.807) is 0 Å². The van der Waals surface area contributed by atoms with Gasteiger partial charge in [-0.2, -0.15) is 4.31 Å². The number of sulfonamides is 1. The zero-order chi connectivity index (χ0) is 17.5. The van der Waals surface area contributed by atoms with Gasteiger partial charge in [-0.1, -0.05) is 12.8 Å². The summed E-state index contributed by atoms with van der Waals surface area (Å²) in [6.07, 6.45) is 3.70. The average Bonchev–Trinajstić information content (AvgIpc) is 2.93. The van der Waals surface area contributed by atoms with Crippen LogP contribution in [0.4, 0.5) is 8.78 Å². The third-order valence-corrected chi connectivity index (χ3v) is 6.83. The lowest BCUT2D eigenvalue weighted by atomic mass is 9.85. The predicted molar refractivity (Wildman–Crippen MR) is 81.5 cm³/mol. The minimum Gasteiger partial charge on any atom is -0.468 e. The third-order valence-electron chi connectivity index (χ3n) is 4.91. The van der Waals surface area contributed by atoms with Crippen molar-refractivity contribution in [2.45, 2.75) is 49.1 Å². The number of halogens is 2. The highest BCUT2D eigenvalue weighted by atomic mass is 32.2. The van der Waals surface area contributed by atoms with Gasteiger partial charge in [0, 0.05) is 12.1 Å². The van der Waals surface area contributed by atoms with Crippen molar-refractivity contribution < 1.29 is 26.7 Å². The summed E-state index contributed by atoms with van der Waals surface area (Å²) >= 11 is 0. The summed E-state index contributed by atoms with van der Waals surface area (Å²) in [4.78, 5) is 11.6. The van der Waals surface area contributed by atoms with Crippen LogP contribution in [0.2, 0.25) is 0 Å². The first-order valence-corrected chi connectivity index (χ1v) is 9.36. The van der Waals surface area contributed by atoms with E-state index in [0.29, 0.717) is 18.9 Å². The Labute approximate surface area is 139 Å². The zero-order valence-electron chi connectivity index (χ0n) is 13.2. The summed E-state index contributed by atoms with van der Waals surface area (Å²) < 4.78 is 58.9. The molecule has 8 heteroatoms. The first kappa shape index (κ1) is 17.3. The molecule has 0 aromatic heterocycles. The number of rotatable bonds is 3. The minimum absolute atomic E-state index is 0.0658. The Hall–Kier alpha value is -1.54. The number of carbonyl (C=O) groups excluding carboxylic acids is 1. The van der Waals surface area contributed by atoms with E-state index in [1.807, 2.05) is 0 Å². The average molecular weight is 359 g/mol. The van der Waals surface area contributed by atoms with Gasteiger partial charge >= 0.3 is 5.97 Å². The van der Waals surface area contributed by atoms with Crippen molar-refractivity contribution in [1.29, 1.82) is 0 Å². The lowest BCUT2D eigenvalue weighted by Gasteiger charge is -2.32. The summed E-state index contributed by atoms with van der Waals surface area (Å²) in [7, 11) is -3.00. The molecule has 1 saturated heterocycles. The van der Waals surface area contributed by atoms with Crippen molar-refractivity contribution in [1.82, 2.24) is 4.31 Å².